The fourth-order valence-corrected chi connectivity index (χ4v) is 5.72. The Bertz CT molecular complexity index is 1040. The second-order valence-electron chi connectivity index (χ2n) is 7.35. The van der Waals surface area contributed by atoms with Gasteiger partial charge < -0.3 is 10.6 Å². The number of hydrogen-bond acceptors (Lipinski definition) is 5. The average Bonchev–Trinajstić information content (AvgIpc) is 2.80. The highest BCUT2D eigenvalue weighted by atomic mass is 32.2. The van der Waals surface area contributed by atoms with E-state index in [0.717, 1.165) is 16.0 Å². The summed E-state index contributed by atoms with van der Waals surface area (Å²) in [7, 11) is -3.70. The van der Waals surface area contributed by atoms with Crippen LogP contribution in [0.15, 0.2) is 46.2 Å². The van der Waals surface area contributed by atoms with Crippen LogP contribution in [0.4, 0.5) is 11.4 Å². The largest absolute Gasteiger partial charge is 0.326 e. The normalized spacial score (nSPS) is 15.1. The van der Waals surface area contributed by atoms with Crippen LogP contribution in [-0.2, 0) is 19.4 Å². The first kappa shape index (κ1) is 21.4. The molecule has 0 saturated carbocycles. The lowest BCUT2D eigenvalue weighted by Gasteiger charge is -2.15. The van der Waals surface area contributed by atoms with Gasteiger partial charge in [0.15, 0.2) is 9.84 Å². The van der Waals surface area contributed by atoms with Crippen LogP contribution in [0, 0.1) is 19.8 Å². The molecule has 2 amide bonds. The number of anilines is 2. The molecule has 2 aromatic carbocycles. The van der Waals surface area contributed by atoms with Gasteiger partial charge in [-0.3, -0.25) is 9.59 Å². The van der Waals surface area contributed by atoms with Crippen LogP contribution in [0.5, 0.6) is 0 Å². The van der Waals surface area contributed by atoms with E-state index in [1.165, 1.54) is 23.9 Å². The summed E-state index contributed by atoms with van der Waals surface area (Å²) in [6.07, 6.45) is 0.386. The van der Waals surface area contributed by atoms with Gasteiger partial charge in [-0.2, -0.15) is 0 Å². The molecular weight excluding hydrogens is 408 g/mol. The van der Waals surface area contributed by atoms with E-state index in [1.807, 2.05) is 32.0 Å². The molecular formula is C21H24N2O4S2. The Labute approximate surface area is 175 Å². The third-order valence-electron chi connectivity index (χ3n) is 4.58. The number of benzene rings is 2. The van der Waals surface area contributed by atoms with Gasteiger partial charge in [0.25, 0.3) is 0 Å². The van der Waals surface area contributed by atoms with Crippen LogP contribution in [0.3, 0.4) is 0 Å². The zero-order valence-corrected chi connectivity index (χ0v) is 18.2. The fourth-order valence-electron chi connectivity index (χ4n) is 3.21. The summed E-state index contributed by atoms with van der Waals surface area (Å²) in [5.74, 6) is -0.878. The van der Waals surface area contributed by atoms with Gasteiger partial charge >= 0.3 is 0 Å². The van der Waals surface area contributed by atoms with E-state index in [2.05, 4.69) is 10.6 Å². The van der Waals surface area contributed by atoms with Crippen molar-refractivity contribution in [1.29, 1.82) is 0 Å². The van der Waals surface area contributed by atoms with Crippen molar-refractivity contribution in [2.75, 3.05) is 22.1 Å². The van der Waals surface area contributed by atoms with E-state index in [9.17, 15) is 18.0 Å². The highest BCUT2D eigenvalue weighted by Crippen LogP contribution is 2.33. The maximum absolute atomic E-state index is 12.9. The van der Waals surface area contributed by atoms with E-state index in [-0.39, 0.29) is 22.5 Å². The van der Waals surface area contributed by atoms with E-state index in [1.54, 1.807) is 13.0 Å². The maximum Gasteiger partial charge on any atom is 0.228 e. The van der Waals surface area contributed by atoms with Gasteiger partial charge in [0.2, 0.25) is 11.8 Å². The van der Waals surface area contributed by atoms with Crippen molar-refractivity contribution in [1.82, 2.24) is 0 Å². The van der Waals surface area contributed by atoms with Crippen molar-refractivity contribution in [3.05, 3.63) is 47.5 Å². The molecule has 0 fully saturated rings. The molecule has 0 unspecified atom stereocenters. The summed E-state index contributed by atoms with van der Waals surface area (Å²) in [5.41, 5.74) is 3.20. The molecule has 1 atom stereocenters. The van der Waals surface area contributed by atoms with Crippen LogP contribution < -0.4 is 10.6 Å². The maximum atomic E-state index is 12.9. The first-order valence-electron chi connectivity index (χ1n) is 9.33. The lowest BCUT2D eigenvalue weighted by Crippen LogP contribution is -2.27. The number of carbonyl (C=O) groups excluding carboxylic acids is 2. The van der Waals surface area contributed by atoms with Gasteiger partial charge in [-0.25, -0.2) is 8.42 Å². The second-order valence-corrected chi connectivity index (χ2v) is 10.5. The molecule has 0 bridgehead atoms. The Hall–Kier alpha value is -2.32. The minimum atomic E-state index is -3.70. The molecule has 2 aromatic rings. The Morgan fingerprint density at radius 2 is 1.86 bits per heavy atom. The molecule has 2 N–H and O–H groups in total. The average molecular weight is 433 g/mol. The number of thioether (sulfide) groups is 1. The third-order valence-corrected chi connectivity index (χ3v) is 7.56. The predicted octanol–water partition coefficient (Wildman–Crippen LogP) is 3.79. The highest BCUT2D eigenvalue weighted by molar-refractivity contribution is 7.99. The molecule has 8 heteroatoms. The number of nitrogens with one attached hydrogen (secondary N) is 2. The molecule has 0 saturated heterocycles. The highest BCUT2D eigenvalue weighted by Gasteiger charge is 2.25. The molecule has 29 heavy (non-hydrogen) atoms. The van der Waals surface area contributed by atoms with Crippen LogP contribution >= 0.6 is 11.8 Å². The lowest BCUT2D eigenvalue weighted by atomic mass is 10.1. The Morgan fingerprint density at radius 1 is 1.17 bits per heavy atom. The molecule has 1 heterocycles. The van der Waals surface area contributed by atoms with E-state index in [0.29, 0.717) is 23.5 Å². The summed E-state index contributed by atoms with van der Waals surface area (Å²) < 4.78 is 25.7. The topological polar surface area (TPSA) is 92.3 Å². The number of hydrogen-bond donors (Lipinski definition) is 2. The molecule has 1 aliphatic heterocycles. The number of sulfone groups is 1. The number of aryl methyl sites for hydroxylation is 2. The first-order chi connectivity index (χ1) is 13.6. The standard InChI is InChI=1S/C21H24N2O4S2/c1-13-8-14(2)10-16(9-13)22-21(25)15(3)12-29(26,27)17-4-5-19-18(11-17)23-20(24)6-7-28-19/h4-5,8-11,15H,6-7,12H2,1-3H3,(H,22,25)(H,23,24)/t15-/m1/s1. The smallest absolute Gasteiger partial charge is 0.228 e. The van der Waals surface area contributed by atoms with Crippen LogP contribution in [-0.4, -0.2) is 31.7 Å². The molecule has 6 nitrogen and oxygen atoms in total. The number of carbonyl (C=O) groups is 2. The van der Waals surface area contributed by atoms with Crippen LogP contribution in [0.25, 0.3) is 0 Å². The first-order valence-corrected chi connectivity index (χ1v) is 12.0. The minimum absolute atomic E-state index is 0.102. The monoisotopic (exact) mass is 432 g/mol. The molecule has 154 valence electrons. The van der Waals surface area contributed by atoms with Gasteiger partial charge in [-0.1, -0.05) is 13.0 Å². The van der Waals surface area contributed by atoms with Crippen molar-refractivity contribution < 1.29 is 18.0 Å². The van der Waals surface area contributed by atoms with E-state index < -0.39 is 15.8 Å². The van der Waals surface area contributed by atoms with Gasteiger partial charge in [0.05, 0.1) is 16.3 Å². The van der Waals surface area contributed by atoms with Crippen molar-refractivity contribution in [2.45, 2.75) is 37.0 Å². The summed E-state index contributed by atoms with van der Waals surface area (Å²) in [4.78, 5) is 25.2. The van der Waals surface area contributed by atoms with Crippen molar-refractivity contribution >= 4 is 44.8 Å². The zero-order chi connectivity index (χ0) is 21.2. The van der Waals surface area contributed by atoms with Gasteiger partial charge in [0, 0.05) is 28.7 Å². The van der Waals surface area contributed by atoms with Gasteiger partial charge in [-0.15, -0.1) is 11.8 Å². The van der Waals surface area contributed by atoms with Crippen LogP contribution in [0.2, 0.25) is 0 Å². The van der Waals surface area contributed by atoms with Crippen molar-refractivity contribution in [2.24, 2.45) is 5.92 Å². The fraction of sp³-hybridized carbons (Fsp3) is 0.333. The number of amides is 2. The van der Waals surface area contributed by atoms with Gasteiger partial charge in [-0.05, 0) is 55.3 Å². The molecule has 0 aliphatic carbocycles. The number of fused-ring (bicyclic) bond motifs is 1. The third kappa shape index (κ3) is 5.39. The number of rotatable bonds is 5. The van der Waals surface area contributed by atoms with Gasteiger partial charge in [0.1, 0.15) is 0 Å². The lowest BCUT2D eigenvalue weighted by molar-refractivity contribution is -0.119. The Morgan fingerprint density at radius 3 is 2.55 bits per heavy atom. The van der Waals surface area contributed by atoms with E-state index in [4.69, 9.17) is 0 Å². The zero-order valence-electron chi connectivity index (χ0n) is 16.6. The quantitative estimate of drug-likeness (QED) is 0.750. The molecule has 0 radical (unpaired) electrons. The Balaban J connectivity index is 1.74. The minimum Gasteiger partial charge on any atom is -0.326 e. The van der Waals surface area contributed by atoms with Crippen molar-refractivity contribution in [3.8, 4) is 0 Å². The molecule has 0 spiro atoms. The molecule has 1 aliphatic rings. The molecule has 3 rings (SSSR count). The molecule has 0 aromatic heterocycles. The summed E-state index contributed by atoms with van der Waals surface area (Å²) in [5, 5.41) is 5.55. The summed E-state index contributed by atoms with van der Waals surface area (Å²) >= 11 is 1.51. The summed E-state index contributed by atoms with van der Waals surface area (Å²) in [6, 6.07) is 10.4. The van der Waals surface area contributed by atoms with E-state index >= 15 is 0 Å². The predicted molar refractivity (Wildman–Crippen MR) is 116 cm³/mol. The second kappa shape index (κ2) is 8.59. The summed E-state index contributed by atoms with van der Waals surface area (Å²) in [6.45, 7) is 5.47. The SMILES string of the molecule is Cc1cc(C)cc(NC(=O)[C@H](C)CS(=O)(=O)c2ccc3c(c2)NC(=O)CCS3)c1. The Kier molecular flexibility index (Phi) is 6.33. The van der Waals surface area contributed by atoms with Crippen LogP contribution in [0.1, 0.15) is 24.5 Å². The van der Waals surface area contributed by atoms with Crippen molar-refractivity contribution in [3.63, 3.8) is 0 Å².